The second-order valence-corrected chi connectivity index (χ2v) is 10.3. The maximum absolute atomic E-state index is 4.52. The standard InChI is InChI=1S/C38H31N3/c1-3-5-7-13-27-18-20-29(21-19-27)40-34-17-11-10-16-32(34)37(35(40)12-4-2)33-23-22-31-30-24-25-39-26-36(30)41(38(31)33)28-14-8-6-9-15-28/h3-21,23-26H,22H2,1-2H3/b5-3-,12-4-,13-7-. The minimum Gasteiger partial charge on any atom is -0.309 e. The highest BCUT2D eigenvalue weighted by atomic mass is 15.0. The van der Waals surface area contributed by atoms with Gasteiger partial charge in [-0.15, -0.1) is 0 Å². The molecule has 3 aromatic heterocycles. The minimum absolute atomic E-state index is 0.896. The first-order chi connectivity index (χ1) is 20.3. The number of hydrogen-bond acceptors (Lipinski definition) is 1. The van der Waals surface area contributed by atoms with Crippen molar-refractivity contribution in [2.24, 2.45) is 0 Å². The molecule has 0 radical (unpaired) electrons. The number of hydrogen-bond donors (Lipinski definition) is 0. The SMILES string of the molecule is C/C=C\C=C/c1ccc(-n2c(/C=C\C)c(C3=CCc4c3n(-c3ccccc3)c3cnccc43)c3ccccc32)cc1. The molecule has 0 saturated heterocycles. The summed E-state index contributed by atoms with van der Waals surface area (Å²) >= 11 is 0. The van der Waals surface area contributed by atoms with Crippen LogP contribution in [-0.2, 0) is 6.42 Å². The third-order valence-electron chi connectivity index (χ3n) is 7.90. The molecule has 0 atom stereocenters. The molecule has 0 unspecified atom stereocenters. The van der Waals surface area contributed by atoms with Crippen molar-refractivity contribution in [2.75, 3.05) is 0 Å². The third kappa shape index (κ3) is 4.09. The van der Waals surface area contributed by atoms with Gasteiger partial charge in [-0.3, -0.25) is 4.98 Å². The highest BCUT2D eigenvalue weighted by Crippen LogP contribution is 2.45. The van der Waals surface area contributed by atoms with Crippen molar-refractivity contribution < 1.29 is 0 Å². The highest BCUT2D eigenvalue weighted by Gasteiger charge is 2.29. The van der Waals surface area contributed by atoms with Gasteiger partial charge in [-0.2, -0.15) is 0 Å². The maximum atomic E-state index is 4.52. The Morgan fingerprint density at radius 2 is 1.46 bits per heavy atom. The molecule has 3 aromatic carbocycles. The van der Waals surface area contributed by atoms with E-state index in [1.54, 1.807) is 0 Å². The molecule has 0 N–H and O–H groups in total. The molecule has 0 aliphatic heterocycles. The van der Waals surface area contributed by atoms with Gasteiger partial charge >= 0.3 is 0 Å². The number of benzene rings is 3. The van der Waals surface area contributed by atoms with Crippen molar-refractivity contribution in [3.05, 3.63) is 156 Å². The van der Waals surface area contributed by atoms with E-state index in [4.69, 9.17) is 0 Å². The average Bonchev–Trinajstić information content (AvgIpc) is 3.68. The van der Waals surface area contributed by atoms with Crippen LogP contribution in [0.15, 0.2) is 128 Å². The topological polar surface area (TPSA) is 22.8 Å². The first kappa shape index (κ1) is 24.9. The summed E-state index contributed by atoms with van der Waals surface area (Å²) in [6, 6.07) is 30.4. The normalized spacial score (nSPS) is 13.4. The molecule has 3 heteroatoms. The van der Waals surface area contributed by atoms with Crippen molar-refractivity contribution in [3.8, 4) is 11.4 Å². The van der Waals surface area contributed by atoms with Crippen LogP contribution in [0, 0.1) is 0 Å². The van der Waals surface area contributed by atoms with Crippen LogP contribution in [0.4, 0.5) is 0 Å². The predicted molar refractivity (Wildman–Crippen MR) is 174 cm³/mol. The van der Waals surface area contributed by atoms with E-state index in [1.165, 1.54) is 49.9 Å². The van der Waals surface area contributed by atoms with Gasteiger partial charge in [0.2, 0.25) is 0 Å². The fourth-order valence-corrected chi connectivity index (χ4v) is 6.21. The minimum atomic E-state index is 0.896. The highest BCUT2D eigenvalue weighted by molar-refractivity contribution is 6.06. The van der Waals surface area contributed by atoms with Gasteiger partial charge in [-0.25, -0.2) is 0 Å². The predicted octanol–water partition coefficient (Wildman–Crippen LogP) is 9.58. The van der Waals surface area contributed by atoms with E-state index in [2.05, 4.69) is 142 Å². The molecule has 6 aromatic rings. The summed E-state index contributed by atoms with van der Waals surface area (Å²) in [4.78, 5) is 4.52. The van der Waals surface area contributed by atoms with E-state index in [9.17, 15) is 0 Å². The number of aromatic nitrogens is 3. The lowest BCUT2D eigenvalue weighted by Gasteiger charge is -2.14. The monoisotopic (exact) mass is 529 g/mol. The van der Waals surface area contributed by atoms with Crippen LogP contribution in [0.3, 0.4) is 0 Å². The Labute approximate surface area is 240 Å². The number of rotatable bonds is 6. The zero-order chi connectivity index (χ0) is 27.8. The Hall–Kier alpha value is -5.15. The van der Waals surface area contributed by atoms with Gasteiger partial charge in [0.05, 0.1) is 28.6 Å². The number of para-hydroxylation sites is 2. The number of fused-ring (bicyclic) bond motifs is 4. The van der Waals surface area contributed by atoms with Crippen LogP contribution in [-0.4, -0.2) is 14.1 Å². The summed E-state index contributed by atoms with van der Waals surface area (Å²) in [6.45, 7) is 4.13. The Bertz CT molecular complexity index is 2010. The lowest BCUT2D eigenvalue weighted by Crippen LogP contribution is -2.02. The molecule has 198 valence electrons. The summed E-state index contributed by atoms with van der Waals surface area (Å²) in [7, 11) is 0. The summed E-state index contributed by atoms with van der Waals surface area (Å²) < 4.78 is 4.80. The molecular weight excluding hydrogens is 498 g/mol. The van der Waals surface area contributed by atoms with Gasteiger partial charge in [0, 0.05) is 39.5 Å². The van der Waals surface area contributed by atoms with Crippen molar-refractivity contribution >= 4 is 39.5 Å². The van der Waals surface area contributed by atoms with E-state index in [0.29, 0.717) is 0 Å². The zero-order valence-electron chi connectivity index (χ0n) is 23.3. The molecular formula is C38H31N3. The van der Waals surface area contributed by atoms with Crippen molar-refractivity contribution in [2.45, 2.75) is 20.3 Å². The van der Waals surface area contributed by atoms with Crippen LogP contribution in [0.5, 0.6) is 0 Å². The Balaban J connectivity index is 1.49. The molecule has 0 fully saturated rings. The fourth-order valence-electron chi connectivity index (χ4n) is 6.21. The van der Waals surface area contributed by atoms with Crippen molar-refractivity contribution in [1.29, 1.82) is 0 Å². The first-order valence-corrected chi connectivity index (χ1v) is 14.2. The molecule has 0 amide bonds. The van der Waals surface area contributed by atoms with Crippen LogP contribution in [0.1, 0.15) is 41.9 Å². The molecule has 0 bridgehead atoms. The number of nitrogens with zero attached hydrogens (tertiary/aromatic N) is 3. The van der Waals surface area contributed by atoms with E-state index in [-0.39, 0.29) is 0 Å². The van der Waals surface area contributed by atoms with Crippen LogP contribution >= 0.6 is 0 Å². The Morgan fingerprint density at radius 3 is 2.27 bits per heavy atom. The van der Waals surface area contributed by atoms with Gasteiger partial charge in [0.1, 0.15) is 0 Å². The fraction of sp³-hybridized carbons (Fsp3) is 0.0789. The van der Waals surface area contributed by atoms with Crippen LogP contribution in [0.25, 0.3) is 50.9 Å². The molecule has 7 rings (SSSR count). The largest absolute Gasteiger partial charge is 0.309 e. The molecule has 3 heterocycles. The van der Waals surface area contributed by atoms with Crippen LogP contribution in [0.2, 0.25) is 0 Å². The quantitative estimate of drug-likeness (QED) is 0.197. The summed E-state index contributed by atoms with van der Waals surface area (Å²) in [5, 5.41) is 2.52. The Morgan fingerprint density at radius 1 is 0.683 bits per heavy atom. The van der Waals surface area contributed by atoms with Gasteiger partial charge in [-0.1, -0.05) is 85.0 Å². The first-order valence-electron chi connectivity index (χ1n) is 14.2. The van der Waals surface area contributed by atoms with Gasteiger partial charge in [-0.05, 0) is 73.9 Å². The van der Waals surface area contributed by atoms with E-state index in [0.717, 1.165) is 23.3 Å². The smallest absolute Gasteiger partial charge is 0.0721 e. The van der Waals surface area contributed by atoms with E-state index < -0.39 is 0 Å². The number of allylic oxidation sites excluding steroid dienone is 5. The van der Waals surface area contributed by atoms with Crippen molar-refractivity contribution in [1.82, 2.24) is 14.1 Å². The Kier molecular flexibility index (Phi) is 6.33. The van der Waals surface area contributed by atoms with Crippen LogP contribution < -0.4 is 0 Å². The summed E-state index contributed by atoms with van der Waals surface area (Å²) in [6.07, 6.45) is 19.9. The van der Waals surface area contributed by atoms with Gasteiger partial charge < -0.3 is 9.13 Å². The summed E-state index contributed by atoms with van der Waals surface area (Å²) in [5.74, 6) is 0. The van der Waals surface area contributed by atoms with E-state index in [1.807, 2.05) is 25.4 Å². The third-order valence-corrected chi connectivity index (χ3v) is 7.90. The van der Waals surface area contributed by atoms with Gasteiger partial charge in [0.15, 0.2) is 0 Å². The molecule has 1 aliphatic carbocycles. The lowest BCUT2D eigenvalue weighted by atomic mass is 10.00. The average molecular weight is 530 g/mol. The molecule has 1 aliphatic rings. The van der Waals surface area contributed by atoms with Gasteiger partial charge in [0.25, 0.3) is 0 Å². The summed E-state index contributed by atoms with van der Waals surface area (Å²) in [5.41, 5.74) is 12.2. The van der Waals surface area contributed by atoms with E-state index >= 15 is 0 Å². The lowest BCUT2D eigenvalue weighted by molar-refractivity contribution is 1.08. The maximum Gasteiger partial charge on any atom is 0.0721 e. The molecule has 3 nitrogen and oxygen atoms in total. The van der Waals surface area contributed by atoms with Crippen molar-refractivity contribution in [3.63, 3.8) is 0 Å². The number of pyridine rings is 1. The molecule has 41 heavy (non-hydrogen) atoms. The molecule has 0 spiro atoms. The molecule has 0 saturated carbocycles. The second kappa shape index (κ2) is 10.4. The zero-order valence-corrected chi connectivity index (χ0v) is 23.3. The second-order valence-electron chi connectivity index (χ2n) is 10.3.